The average Bonchev–Trinajstić information content (AvgIpc) is 2.14. The minimum atomic E-state index is -0.989. The first-order valence-electron chi connectivity index (χ1n) is 4.07. The Kier molecular flexibility index (Phi) is 6.42. The van der Waals surface area contributed by atoms with Crippen LogP contribution in [0.15, 0.2) is 0 Å². The van der Waals surface area contributed by atoms with Gasteiger partial charge in [-0.1, -0.05) is 0 Å². The van der Waals surface area contributed by atoms with E-state index < -0.39 is 18.6 Å². The molecule has 0 saturated carbocycles. The number of rotatable bonds is 6. The number of nitrogens with one attached hydrogen (secondary N) is 1. The van der Waals surface area contributed by atoms with Crippen molar-refractivity contribution in [3.05, 3.63) is 0 Å². The third kappa shape index (κ3) is 7.32. The molecule has 1 unspecified atom stereocenters. The van der Waals surface area contributed by atoms with Crippen molar-refractivity contribution in [1.82, 2.24) is 5.32 Å². The molecule has 0 heterocycles. The molecule has 14 heavy (non-hydrogen) atoms. The molecule has 0 aliphatic carbocycles. The number of primary amides is 1. The summed E-state index contributed by atoms with van der Waals surface area (Å²) in [4.78, 5) is 21.0. The fourth-order valence-electron chi connectivity index (χ4n) is 0.520. The van der Waals surface area contributed by atoms with E-state index in [4.69, 9.17) is 10.5 Å². The van der Waals surface area contributed by atoms with E-state index in [1.54, 1.807) is 6.92 Å². The minimum Gasteiger partial charge on any atom is -0.440 e. The Morgan fingerprint density at radius 1 is 1.50 bits per heavy atom. The van der Waals surface area contributed by atoms with Crippen molar-refractivity contribution in [1.29, 1.82) is 0 Å². The van der Waals surface area contributed by atoms with E-state index in [1.807, 2.05) is 0 Å². The van der Waals surface area contributed by atoms with Crippen molar-refractivity contribution in [2.45, 2.75) is 13.0 Å². The number of amides is 2. The van der Waals surface area contributed by atoms with Crippen LogP contribution in [0.25, 0.3) is 0 Å². The third-order valence-electron chi connectivity index (χ3n) is 1.31. The summed E-state index contributed by atoms with van der Waals surface area (Å²) in [5.74, 6) is -0.479. The quantitative estimate of drug-likeness (QED) is 0.457. The van der Waals surface area contributed by atoms with Gasteiger partial charge in [-0.2, -0.15) is 0 Å². The smallest absolute Gasteiger partial charge is 0.405 e. The second-order valence-electron chi connectivity index (χ2n) is 2.56. The van der Waals surface area contributed by atoms with Crippen LogP contribution in [0.3, 0.4) is 0 Å². The fourth-order valence-corrected chi connectivity index (χ4v) is 0.520. The van der Waals surface area contributed by atoms with Gasteiger partial charge in [0.15, 0.2) is 6.61 Å². The maximum atomic E-state index is 10.9. The Labute approximate surface area is 81.7 Å². The lowest BCUT2D eigenvalue weighted by molar-refractivity contribution is -0.126. The van der Waals surface area contributed by atoms with Gasteiger partial charge < -0.3 is 26.3 Å². The van der Waals surface area contributed by atoms with Gasteiger partial charge in [0.1, 0.15) is 6.73 Å². The van der Waals surface area contributed by atoms with Gasteiger partial charge in [-0.15, -0.1) is 0 Å². The molecule has 0 spiro atoms. The van der Waals surface area contributed by atoms with E-state index in [1.165, 1.54) is 0 Å². The maximum Gasteiger partial charge on any atom is 0.405 e. The number of ether oxygens (including phenoxy) is 2. The second-order valence-corrected chi connectivity index (χ2v) is 2.56. The molecule has 1 atom stereocenters. The summed E-state index contributed by atoms with van der Waals surface area (Å²) in [6.45, 7) is 1.76. The molecule has 0 aromatic rings. The van der Waals surface area contributed by atoms with Crippen LogP contribution in [0.4, 0.5) is 4.79 Å². The van der Waals surface area contributed by atoms with Gasteiger partial charge in [-0.25, -0.2) is 4.79 Å². The van der Waals surface area contributed by atoms with Gasteiger partial charge in [-0.3, -0.25) is 4.79 Å². The molecule has 7 heteroatoms. The monoisotopic (exact) mass is 205 g/mol. The van der Waals surface area contributed by atoms with Crippen LogP contribution in [-0.4, -0.2) is 38.0 Å². The lowest BCUT2D eigenvalue weighted by Crippen LogP contribution is -2.34. The Morgan fingerprint density at radius 3 is 2.64 bits per heavy atom. The average molecular weight is 205 g/mol. The minimum absolute atomic E-state index is 0.0271. The molecule has 0 rings (SSSR count). The van der Waals surface area contributed by atoms with E-state index in [9.17, 15) is 9.59 Å². The van der Waals surface area contributed by atoms with Crippen LogP contribution in [0.2, 0.25) is 0 Å². The van der Waals surface area contributed by atoms with Crippen molar-refractivity contribution in [3.63, 3.8) is 0 Å². The summed E-state index contributed by atoms with van der Waals surface area (Å²) < 4.78 is 9.27. The Bertz CT molecular complexity index is 197. The van der Waals surface area contributed by atoms with Gasteiger partial charge >= 0.3 is 6.09 Å². The summed E-state index contributed by atoms with van der Waals surface area (Å²) in [7, 11) is 0. The molecule has 5 N–H and O–H groups in total. The van der Waals surface area contributed by atoms with Crippen LogP contribution in [-0.2, 0) is 14.3 Å². The fraction of sp³-hybridized carbons (Fsp3) is 0.714. The first kappa shape index (κ1) is 12.7. The normalized spacial score (nSPS) is 11.9. The van der Waals surface area contributed by atoms with Crippen molar-refractivity contribution < 1.29 is 19.1 Å². The second kappa shape index (κ2) is 7.10. The number of hydrogen-bond donors (Lipinski definition) is 3. The molecule has 0 aromatic heterocycles. The topological polar surface area (TPSA) is 117 Å². The predicted molar refractivity (Wildman–Crippen MR) is 48.1 cm³/mol. The molecule has 0 saturated heterocycles. The summed E-state index contributed by atoms with van der Waals surface area (Å²) >= 11 is 0. The van der Waals surface area contributed by atoms with Gasteiger partial charge in [0.2, 0.25) is 0 Å². The van der Waals surface area contributed by atoms with Crippen molar-refractivity contribution in [2.24, 2.45) is 11.5 Å². The van der Waals surface area contributed by atoms with E-state index in [-0.39, 0.29) is 12.8 Å². The van der Waals surface area contributed by atoms with Crippen LogP contribution >= 0.6 is 0 Å². The van der Waals surface area contributed by atoms with Gasteiger partial charge in [0.25, 0.3) is 5.91 Å². The van der Waals surface area contributed by atoms with Crippen LogP contribution in [0.5, 0.6) is 0 Å². The summed E-state index contributed by atoms with van der Waals surface area (Å²) in [6.07, 6.45) is -1.12. The molecule has 0 aliphatic rings. The molecule has 0 bridgehead atoms. The predicted octanol–water partition coefficient (Wildman–Crippen LogP) is -1.48. The van der Waals surface area contributed by atoms with Gasteiger partial charge in [0.05, 0.1) is 6.10 Å². The molecule has 82 valence electrons. The van der Waals surface area contributed by atoms with Crippen molar-refractivity contribution >= 4 is 12.0 Å². The summed E-state index contributed by atoms with van der Waals surface area (Å²) in [5.41, 5.74) is 9.91. The molecule has 0 fully saturated rings. The van der Waals surface area contributed by atoms with E-state index in [0.29, 0.717) is 6.54 Å². The van der Waals surface area contributed by atoms with Crippen molar-refractivity contribution in [2.75, 3.05) is 19.9 Å². The number of nitrogens with two attached hydrogens (primary N) is 2. The summed E-state index contributed by atoms with van der Waals surface area (Å²) in [5, 5.41) is 2.35. The summed E-state index contributed by atoms with van der Waals surface area (Å²) in [6, 6.07) is 0. The lowest BCUT2D eigenvalue weighted by atomic mass is 10.4. The highest BCUT2D eigenvalue weighted by molar-refractivity contribution is 5.79. The highest BCUT2D eigenvalue weighted by atomic mass is 16.5. The first-order valence-corrected chi connectivity index (χ1v) is 4.07. The van der Waals surface area contributed by atoms with E-state index in [0.717, 1.165) is 0 Å². The SMILES string of the molecule is CC(CN)OCNC(=O)COC(N)=O. The molecule has 0 aliphatic heterocycles. The van der Waals surface area contributed by atoms with Crippen LogP contribution in [0, 0.1) is 0 Å². The molecule has 0 radical (unpaired) electrons. The molecular weight excluding hydrogens is 190 g/mol. The Balaban J connectivity index is 3.40. The van der Waals surface area contributed by atoms with Crippen LogP contribution < -0.4 is 16.8 Å². The standard InChI is InChI=1S/C7H15N3O4/c1-5(2-8)14-4-10-6(11)3-13-7(9)12/h5H,2-4,8H2,1H3,(H2,9,12)(H,10,11). The highest BCUT2D eigenvalue weighted by Gasteiger charge is 2.04. The molecule has 0 aromatic carbocycles. The molecule has 7 nitrogen and oxygen atoms in total. The maximum absolute atomic E-state index is 10.9. The largest absolute Gasteiger partial charge is 0.440 e. The number of carbonyl (C=O) groups is 2. The first-order chi connectivity index (χ1) is 6.56. The number of hydrogen-bond acceptors (Lipinski definition) is 5. The van der Waals surface area contributed by atoms with E-state index in [2.05, 4.69) is 15.8 Å². The highest BCUT2D eigenvalue weighted by Crippen LogP contribution is 1.84. The zero-order chi connectivity index (χ0) is 11.0. The van der Waals surface area contributed by atoms with Gasteiger partial charge in [0, 0.05) is 6.54 Å². The Hall–Kier alpha value is -1.34. The Morgan fingerprint density at radius 2 is 2.14 bits per heavy atom. The van der Waals surface area contributed by atoms with Crippen molar-refractivity contribution in [3.8, 4) is 0 Å². The molecule has 2 amide bonds. The number of carbonyl (C=O) groups excluding carboxylic acids is 2. The van der Waals surface area contributed by atoms with Crippen LogP contribution in [0.1, 0.15) is 6.92 Å². The van der Waals surface area contributed by atoms with E-state index >= 15 is 0 Å². The molecular formula is C7H15N3O4. The third-order valence-corrected chi connectivity index (χ3v) is 1.31. The lowest BCUT2D eigenvalue weighted by Gasteiger charge is -2.10. The van der Waals surface area contributed by atoms with Gasteiger partial charge in [-0.05, 0) is 6.92 Å². The zero-order valence-corrected chi connectivity index (χ0v) is 7.99. The zero-order valence-electron chi connectivity index (χ0n) is 7.99.